The number of benzene rings is 1. The Kier molecular flexibility index (Phi) is 4.75. The first-order valence-electron chi connectivity index (χ1n) is 9.21. The second-order valence-electron chi connectivity index (χ2n) is 7.03. The number of nitrogens with zero attached hydrogens (tertiary/aromatic N) is 4. The van der Waals surface area contributed by atoms with Crippen LogP contribution in [0.1, 0.15) is 13.8 Å². The summed E-state index contributed by atoms with van der Waals surface area (Å²) in [6.07, 6.45) is 5.73. The molecule has 1 aliphatic heterocycles. The van der Waals surface area contributed by atoms with Crippen molar-refractivity contribution in [3.8, 4) is 11.3 Å². The van der Waals surface area contributed by atoms with Gasteiger partial charge in [0, 0.05) is 43.3 Å². The molecule has 0 aliphatic carbocycles. The van der Waals surface area contributed by atoms with Gasteiger partial charge in [0.15, 0.2) is 11.5 Å². The molecule has 0 radical (unpaired) electrons. The second kappa shape index (κ2) is 7.33. The summed E-state index contributed by atoms with van der Waals surface area (Å²) >= 11 is 0. The highest BCUT2D eigenvalue weighted by Gasteiger charge is 2.13. The fourth-order valence-corrected chi connectivity index (χ4v) is 3.22. The predicted octanol–water partition coefficient (Wildman–Crippen LogP) is 3.30. The van der Waals surface area contributed by atoms with Gasteiger partial charge in [-0.25, -0.2) is 9.97 Å². The summed E-state index contributed by atoms with van der Waals surface area (Å²) in [5.74, 6) is 1.39. The Bertz CT molecular complexity index is 866. The van der Waals surface area contributed by atoms with Crippen LogP contribution in [0.15, 0.2) is 42.9 Å². The molecule has 1 saturated heterocycles. The van der Waals surface area contributed by atoms with Gasteiger partial charge in [0.25, 0.3) is 0 Å². The minimum absolute atomic E-state index is 0.555. The molecule has 0 atom stereocenters. The zero-order chi connectivity index (χ0) is 17.9. The van der Waals surface area contributed by atoms with Crippen LogP contribution in [-0.4, -0.2) is 47.2 Å². The summed E-state index contributed by atoms with van der Waals surface area (Å²) in [7, 11) is 0. The number of imidazole rings is 1. The molecule has 1 N–H and O–H groups in total. The summed E-state index contributed by atoms with van der Waals surface area (Å²) in [4.78, 5) is 11.5. The highest BCUT2D eigenvalue weighted by atomic mass is 16.5. The van der Waals surface area contributed by atoms with Crippen LogP contribution in [0.3, 0.4) is 0 Å². The lowest BCUT2D eigenvalue weighted by Crippen LogP contribution is -2.36. The van der Waals surface area contributed by atoms with E-state index in [0.29, 0.717) is 5.92 Å². The maximum atomic E-state index is 5.43. The minimum atomic E-state index is 0.555. The van der Waals surface area contributed by atoms with E-state index < -0.39 is 0 Å². The van der Waals surface area contributed by atoms with Crippen molar-refractivity contribution >= 4 is 17.2 Å². The van der Waals surface area contributed by atoms with Crippen LogP contribution in [0.5, 0.6) is 0 Å². The van der Waals surface area contributed by atoms with Gasteiger partial charge in [-0.2, -0.15) is 0 Å². The van der Waals surface area contributed by atoms with Gasteiger partial charge in [0.2, 0.25) is 0 Å². The standard InChI is InChI=1S/C20H25N5O/c1-15(2)13-22-19-20-21-7-8-25(20)18(14-23-19)16-3-5-17(6-4-16)24-9-11-26-12-10-24/h3-8,14-15H,9-13H2,1-2H3,(H,22,23). The summed E-state index contributed by atoms with van der Waals surface area (Å²) in [6, 6.07) is 8.66. The fraction of sp³-hybridized carbons (Fsp3) is 0.400. The summed E-state index contributed by atoms with van der Waals surface area (Å²) in [5, 5.41) is 3.39. The van der Waals surface area contributed by atoms with E-state index in [-0.39, 0.29) is 0 Å². The summed E-state index contributed by atoms with van der Waals surface area (Å²) in [5.41, 5.74) is 4.27. The lowest BCUT2D eigenvalue weighted by molar-refractivity contribution is 0.122. The highest BCUT2D eigenvalue weighted by molar-refractivity contribution is 5.71. The Morgan fingerprint density at radius 3 is 2.62 bits per heavy atom. The molecule has 6 heteroatoms. The number of hydrogen-bond donors (Lipinski definition) is 1. The third kappa shape index (κ3) is 3.37. The molecule has 26 heavy (non-hydrogen) atoms. The summed E-state index contributed by atoms with van der Waals surface area (Å²) in [6.45, 7) is 8.73. The largest absolute Gasteiger partial charge is 0.378 e. The Hall–Kier alpha value is -2.60. The van der Waals surface area contributed by atoms with E-state index in [1.165, 1.54) is 5.69 Å². The third-order valence-corrected chi connectivity index (χ3v) is 4.65. The zero-order valence-corrected chi connectivity index (χ0v) is 15.4. The Morgan fingerprint density at radius 1 is 1.12 bits per heavy atom. The number of fused-ring (bicyclic) bond motifs is 1. The van der Waals surface area contributed by atoms with Crippen molar-refractivity contribution in [1.29, 1.82) is 0 Å². The normalized spacial score (nSPS) is 15.0. The average Bonchev–Trinajstić information content (AvgIpc) is 3.17. The molecule has 0 spiro atoms. The SMILES string of the molecule is CC(C)CNc1ncc(-c2ccc(N3CCOCC3)cc2)n2ccnc12. The molecule has 136 valence electrons. The van der Waals surface area contributed by atoms with Gasteiger partial charge in [-0.1, -0.05) is 26.0 Å². The van der Waals surface area contributed by atoms with Gasteiger partial charge in [0.05, 0.1) is 25.1 Å². The molecule has 3 aromatic rings. The molecule has 0 saturated carbocycles. The van der Waals surface area contributed by atoms with Crippen LogP contribution in [0.4, 0.5) is 11.5 Å². The molecule has 3 heterocycles. The van der Waals surface area contributed by atoms with Crippen LogP contribution in [0.25, 0.3) is 16.9 Å². The van der Waals surface area contributed by atoms with Gasteiger partial charge in [-0.15, -0.1) is 0 Å². The van der Waals surface area contributed by atoms with Crippen LogP contribution >= 0.6 is 0 Å². The first-order valence-corrected chi connectivity index (χ1v) is 9.21. The number of rotatable bonds is 5. The molecule has 4 rings (SSSR count). The first-order chi connectivity index (χ1) is 12.7. The number of aromatic nitrogens is 3. The minimum Gasteiger partial charge on any atom is -0.378 e. The van der Waals surface area contributed by atoms with Crippen molar-refractivity contribution < 1.29 is 4.74 Å². The molecule has 1 aliphatic rings. The lowest BCUT2D eigenvalue weighted by Gasteiger charge is -2.28. The smallest absolute Gasteiger partial charge is 0.180 e. The van der Waals surface area contributed by atoms with Crippen LogP contribution in [0.2, 0.25) is 0 Å². The molecule has 6 nitrogen and oxygen atoms in total. The maximum absolute atomic E-state index is 5.43. The molecule has 2 aromatic heterocycles. The molecular formula is C20H25N5O. The van der Waals surface area contributed by atoms with E-state index in [0.717, 1.165) is 55.6 Å². The van der Waals surface area contributed by atoms with Gasteiger partial charge < -0.3 is 15.0 Å². The highest BCUT2D eigenvalue weighted by Crippen LogP contribution is 2.26. The van der Waals surface area contributed by atoms with Crippen molar-refractivity contribution in [3.63, 3.8) is 0 Å². The van der Waals surface area contributed by atoms with Crippen LogP contribution in [0, 0.1) is 5.92 Å². The van der Waals surface area contributed by atoms with E-state index in [1.54, 1.807) is 0 Å². The molecule has 1 aromatic carbocycles. The Morgan fingerprint density at radius 2 is 1.88 bits per heavy atom. The van der Waals surface area contributed by atoms with Gasteiger partial charge in [-0.05, 0) is 18.1 Å². The number of hydrogen-bond acceptors (Lipinski definition) is 5. The predicted molar refractivity (Wildman–Crippen MR) is 105 cm³/mol. The molecule has 0 unspecified atom stereocenters. The Labute approximate surface area is 153 Å². The molecular weight excluding hydrogens is 326 g/mol. The van der Waals surface area contributed by atoms with Crippen LogP contribution < -0.4 is 10.2 Å². The topological polar surface area (TPSA) is 54.7 Å². The number of morpholine rings is 1. The van der Waals surface area contributed by atoms with E-state index in [4.69, 9.17) is 4.74 Å². The van der Waals surface area contributed by atoms with Crippen molar-refractivity contribution in [2.45, 2.75) is 13.8 Å². The quantitative estimate of drug-likeness (QED) is 0.764. The lowest BCUT2D eigenvalue weighted by atomic mass is 10.1. The third-order valence-electron chi connectivity index (χ3n) is 4.65. The monoisotopic (exact) mass is 351 g/mol. The van der Waals surface area contributed by atoms with Crippen molar-refractivity contribution in [1.82, 2.24) is 14.4 Å². The Balaban J connectivity index is 1.62. The maximum Gasteiger partial charge on any atom is 0.180 e. The van der Waals surface area contributed by atoms with Crippen molar-refractivity contribution in [2.75, 3.05) is 43.1 Å². The number of anilines is 2. The van der Waals surface area contributed by atoms with Crippen molar-refractivity contribution in [3.05, 3.63) is 42.9 Å². The zero-order valence-electron chi connectivity index (χ0n) is 15.4. The second-order valence-corrected chi connectivity index (χ2v) is 7.03. The first kappa shape index (κ1) is 16.8. The molecule has 0 bridgehead atoms. The van der Waals surface area contributed by atoms with E-state index in [1.807, 2.05) is 18.6 Å². The average molecular weight is 351 g/mol. The molecule has 0 amide bonds. The van der Waals surface area contributed by atoms with Gasteiger partial charge >= 0.3 is 0 Å². The molecule has 1 fully saturated rings. The van der Waals surface area contributed by atoms with Crippen LogP contribution in [-0.2, 0) is 4.74 Å². The van der Waals surface area contributed by atoms with Crippen molar-refractivity contribution in [2.24, 2.45) is 5.92 Å². The van der Waals surface area contributed by atoms with Gasteiger partial charge in [-0.3, -0.25) is 4.40 Å². The number of ether oxygens (including phenoxy) is 1. The van der Waals surface area contributed by atoms with Gasteiger partial charge in [0.1, 0.15) is 0 Å². The van der Waals surface area contributed by atoms with E-state index in [2.05, 4.69) is 62.7 Å². The fourth-order valence-electron chi connectivity index (χ4n) is 3.22. The number of nitrogens with one attached hydrogen (secondary N) is 1. The van der Waals surface area contributed by atoms with E-state index in [9.17, 15) is 0 Å². The van der Waals surface area contributed by atoms with E-state index >= 15 is 0 Å². The summed E-state index contributed by atoms with van der Waals surface area (Å²) < 4.78 is 7.53.